The van der Waals surface area contributed by atoms with Gasteiger partial charge in [0.2, 0.25) is 0 Å². The molecule has 0 spiro atoms. The van der Waals surface area contributed by atoms with Gasteiger partial charge in [0.1, 0.15) is 5.82 Å². The molecule has 1 amide bonds. The van der Waals surface area contributed by atoms with E-state index in [-0.39, 0.29) is 11.7 Å². The van der Waals surface area contributed by atoms with Gasteiger partial charge in [-0.1, -0.05) is 24.3 Å². The lowest BCUT2D eigenvalue weighted by Gasteiger charge is -1.99. The summed E-state index contributed by atoms with van der Waals surface area (Å²) < 4.78 is 17.6. The van der Waals surface area contributed by atoms with Crippen molar-refractivity contribution in [2.45, 2.75) is 0 Å². The topological polar surface area (TPSA) is 67.8 Å². The lowest BCUT2D eigenvalue weighted by atomic mass is 10.1. The van der Waals surface area contributed by atoms with Crippen LogP contribution in [0.5, 0.6) is 0 Å². The molecule has 0 aliphatic heterocycles. The van der Waals surface area contributed by atoms with E-state index in [1.807, 2.05) is 6.07 Å². The first-order valence-electron chi connectivity index (χ1n) is 7.94. The molecule has 1 aromatic heterocycles. The summed E-state index contributed by atoms with van der Waals surface area (Å²) in [5.74, 6) is -1.06. The standard InChI is InChI=1S/C20H15FN2O3S/c1-26-20(25)15-4-2-13(3-5-15)12-22-23-19(24)18-11-10-17(27-18)14-6-8-16(21)9-7-14/h2-12H,1H3,(H,23,24)/b22-12-. The summed E-state index contributed by atoms with van der Waals surface area (Å²) in [6.45, 7) is 0. The van der Waals surface area contributed by atoms with Crippen LogP contribution in [0.4, 0.5) is 4.39 Å². The monoisotopic (exact) mass is 382 g/mol. The van der Waals surface area contributed by atoms with E-state index in [1.165, 1.54) is 36.8 Å². The number of nitrogens with one attached hydrogen (secondary N) is 1. The molecule has 3 rings (SSSR count). The molecule has 1 heterocycles. The summed E-state index contributed by atoms with van der Waals surface area (Å²) >= 11 is 1.29. The van der Waals surface area contributed by atoms with E-state index in [9.17, 15) is 14.0 Å². The molecule has 5 nitrogen and oxygen atoms in total. The Morgan fingerprint density at radius 3 is 2.41 bits per heavy atom. The van der Waals surface area contributed by atoms with E-state index in [1.54, 1.807) is 42.5 Å². The Balaban J connectivity index is 1.61. The van der Waals surface area contributed by atoms with Crippen molar-refractivity contribution in [3.05, 3.63) is 82.5 Å². The van der Waals surface area contributed by atoms with Crippen LogP contribution in [0.25, 0.3) is 10.4 Å². The van der Waals surface area contributed by atoms with Gasteiger partial charge in [0.25, 0.3) is 5.91 Å². The molecule has 2 aromatic carbocycles. The maximum absolute atomic E-state index is 13.0. The van der Waals surface area contributed by atoms with E-state index < -0.39 is 5.97 Å². The molecule has 0 saturated heterocycles. The largest absolute Gasteiger partial charge is 0.465 e. The number of methoxy groups -OCH3 is 1. The van der Waals surface area contributed by atoms with Gasteiger partial charge in [-0.15, -0.1) is 11.3 Å². The number of rotatable bonds is 5. The zero-order valence-electron chi connectivity index (χ0n) is 14.3. The third-order valence-corrected chi connectivity index (χ3v) is 4.80. The minimum Gasteiger partial charge on any atom is -0.465 e. The number of halogens is 1. The number of carbonyl (C=O) groups excluding carboxylic acids is 2. The number of benzene rings is 2. The minimum absolute atomic E-state index is 0.303. The first-order chi connectivity index (χ1) is 13.1. The number of esters is 1. The second kappa shape index (κ2) is 8.37. The molecular weight excluding hydrogens is 367 g/mol. The predicted octanol–water partition coefficient (Wildman–Crippen LogP) is 4.10. The van der Waals surface area contributed by atoms with Gasteiger partial charge in [-0.05, 0) is 47.5 Å². The van der Waals surface area contributed by atoms with Gasteiger partial charge in [-0.25, -0.2) is 14.6 Å². The highest BCUT2D eigenvalue weighted by atomic mass is 32.1. The third-order valence-electron chi connectivity index (χ3n) is 3.67. The second-order valence-corrected chi connectivity index (χ2v) is 6.57. The zero-order chi connectivity index (χ0) is 19.2. The average molecular weight is 382 g/mol. The lowest BCUT2D eigenvalue weighted by molar-refractivity contribution is 0.0600. The first-order valence-corrected chi connectivity index (χ1v) is 8.76. The van der Waals surface area contributed by atoms with Crippen molar-refractivity contribution in [2.24, 2.45) is 5.10 Å². The Kier molecular flexibility index (Phi) is 5.73. The normalized spacial score (nSPS) is 10.7. The summed E-state index contributed by atoms with van der Waals surface area (Å²) in [5, 5.41) is 3.92. The van der Waals surface area contributed by atoms with Crippen LogP contribution in [0.1, 0.15) is 25.6 Å². The molecule has 0 aliphatic rings. The second-order valence-electron chi connectivity index (χ2n) is 5.48. The van der Waals surface area contributed by atoms with Crippen molar-refractivity contribution in [1.82, 2.24) is 5.43 Å². The first kappa shape index (κ1) is 18.5. The van der Waals surface area contributed by atoms with E-state index in [2.05, 4.69) is 15.3 Å². The smallest absolute Gasteiger partial charge is 0.337 e. The van der Waals surface area contributed by atoms with Crippen molar-refractivity contribution >= 4 is 29.4 Å². The maximum Gasteiger partial charge on any atom is 0.337 e. The summed E-state index contributed by atoms with van der Waals surface area (Å²) in [6.07, 6.45) is 1.48. The lowest BCUT2D eigenvalue weighted by Crippen LogP contribution is -2.16. The summed E-state index contributed by atoms with van der Waals surface area (Å²) in [7, 11) is 1.32. The van der Waals surface area contributed by atoms with Crippen molar-refractivity contribution < 1.29 is 18.7 Å². The van der Waals surface area contributed by atoms with Gasteiger partial charge >= 0.3 is 5.97 Å². The molecule has 0 atom stereocenters. The fraction of sp³-hybridized carbons (Fsp3) is 0.0500. The SMILES string of the molecule is COC(=O)c1ccc(/C=N\NC(=O)c2ccc(-c3ccc(F)cc3)s2)cc1. The van der Waals surface area contributed by atoms with Crippen LogP contribution in [0.15, 0.2) is 65.8 Å². The predicted molar refractivity (Wildman–Crippen MR) is 103 cm³/mol. The number of amides is 1. The molecule has 0 bridgehead atoms. The van der Waals surface area contributed by atoms with Crippen LogP contribution in [0.3, 0.4) is 0 Å². The summed E-state index contributed by atoms with van der Waals surface area (Å²) in [4.78, 5) is 24.9. The number of carbonyl (C=O) groups is 2. The van der Waals surface area contributed by atoms with Gasteiger partial charge in [0, 0.05) is 4.88 Å². The van der Waals surface area contributed by atoms with Crippen LogP contribution in [0.2, 0.25) is 0 Å². The molecule has 1 N–H and O–H groups in total. The van der Waals surface area contributed by atoms with Crippen LogP contribution >= 0.6 is 11.3 Å². The number of hydrogen-bond acceptors (Lipinski definition) is 5. The third kappa shape index (κ3) is 4.65. The minimum atomic E-state index is -0.415. The van der Waals surface area contributed by atoms with E-state index in [0.29, 0.717) is 10.4 Å². The van der Waals surface area contributed by atoms with Crippen molar-refractivity contribution in [3.8, 4) is 10.4 Å². The van der Waals surface area contributed by atoms with Gasteiger partial charge in [-0.3, -0.25) is 4.79 Å². The Hall–Kier alpha value is -3.32. The number of thiophene rings is 1. The summed E-state index contributed by atoms with van der Waals surface area (Å²) in [6, 6.07) is 16.2. The van der Waals surface area contributed by atoms with Gasteiger partial charge in [0.05, 0.1) is 23.8 Å². The Bertz CT molecular complexity index is 979. The van der Waals surface area contributed by atoms with E-state index >= 15 is 0 Å². The van der Waals surface area contributed by atoms with Gasteiger partial charge in [0.15, 0.2) is 0 Å². The van der Waals surface area contributed by atoms with Gasteiger partial charge < -0.3 is 4.74 Å². The van der Waals surface area contributed by atoms with Crippen LogP contribution in [-0.2, 0) is 4.74 Å². The zero-order valence-corrected chi connectivity index (χ0v) is 15.1. The van der Waals surface area contributed by atoms with Crippen LogP contribution in [-0.4, -0.2) is 25.2 Å². The fourth-order valence-electron chi connectivity index (χ4n) is 2.27. The molecule has 0 fully saturated rings. The van der Waals surface area contributed by atoms with Crippen LogP contribution < -0.4 is 5.43 Å². The van der Waals surface area contributed by atoms with E-state index in [0.717, 1.165) is 16.0 Å². The molecule has 0 radical (unpaired) electrons. The Morgan fingerprint density at radius 1 is 1.04 bits per heavy atom. The van der Waals surface area contributed by atoms with Crippen LogP contribution in [0, 0.1) is 5.82 Å². The summed E-state index contributed by atoms with van der Waals surface area (Å²) in [5.41, 5.74) is 4.46. The maximum atomic E-state index is 13.0. The number of hydrogen-bond donors (Lipinski definition) is 1. The average Bonchev–Trinajstić information content (AvgIpc) is 3.19. The molecule has 0 unspecified atom stereocenters. The molecule has 3 aromatic rings. The molecular formula is C20H15FN2O3S. The molecule has 0 saturated carbocycles. The highest BCUT2D eigenvalue weighted by Crippen LogP contribution is 2.28. The van der Waals surface area contributed by atoms with Crippen molar-refractivity contribution in [3.63, 3.8) is 0 Å². The van der Waals surface area contributed by atoms with E-state index in [4.69, 9.17) is 0 Å². The Morgan fingerprint density at radius 2 is 1.74 bits per heavy atom. The fourth-order valence-corrected chi connectivity index (χ4v) is 3.17. The highest BCUT2D eigenvalue weighted by Gasteiger charge is 2.10. The highest BCUT2D eigenvalue weighted by molar-refractivity contribution is 7.17. The van der Waals surface area contributed by atoms with Crippen molar-refractivity contribution in [2.75, 3.05) is 7.11 Å². The molecule has 27 heavy (non-hydrogen) atoms. The number of hydrazone groups is 1. The Labute approximate surface area is 159 Å². The molecule has 0 aliphatic carbocycles. The van der Waals surface area contributed by atoms with Crippen molar-refractivity contribution in [1.29, 1.82) is 0 Å². The number of nitrogens with zero attached hydrogens (tertiary/aromatic N) is 1. The molecule has 7 heteroatoms. The quantitative estimate of drug-likeness (QED) is 0.410. The number of ether oxygens (including phenoxy) is 1. The van der Waals surface area contributed by atoms with Gasteiger partial charge in [-0.2, -0.15) is 5.10 Å². The molecule has 136 valence electrons.